The van der Waals surface area contributed by atoms with E-state index in [0.29, 0.717) is 12.1 Å². The van der Waals surface area contributed by atoms with E-state index in [1.165, 1.54) is 5.56 Å². The Morgan fingerprint density at radius 3 is 2.65 bits per heavy atom. The minimum absolute atomic E-state index is 0.146. The molecule has 0 bridgehead atoms. The highest BCUT2D eigenvalue weighted by Crippen LogP contribution is 2.28. The number of benzene rings is 1. The SMILES string of the molecule is Cc1cc(F)ccc1CN1CC(C)NCC1C(C)(C)C. The van der Waals surface area contributed by atoms with Crippen molar-refractivity contribution in [1.29, 1.82) is 0 Å². The Morgan fingerprint density at radius 1 is 1.35 bits per heavy atom. The number of nitrogens with zero attached hydrogens (tertiary/aromatic N) is 1. The second-order valence-electron chi connectivity index (χ2n) is 7.19. The van der Waals surface area contributed by atoms with Gasteiger partial charge in [0.1, 0.15) is 5.82 Å². The first-order chi connectivity index (χ1) is 9.27. The summed E-state index contributed by atoms with van der Waals surface area (Å²) in [6.07, 6.45) is 0. The molecule has 2 rings (SSSR count). The normalized spacial score (nSPS) is 24.9. The summed E-state index contributed by atoms with van der Waals surface area (Å²) < 4.78 is 13.2. The second kappa shape index (κ2) is 5.82. The molecule has 1 heterocycles. The van der Waals surface area contributed by atoms with Gasteiger partial charge >= 0.3 is 0 Å². The number of aryl methyl sites for hydroxylation is 1. The smallest absolute Gasteiger partial charge is 0.123 e. The van der Waals surface area contributed by atoms with Crippen LogP contribution in [-0.4, -0.2) is 30.1 Å². The van der Waals surface area contributed by atoms with Crippen LogP contribution in [0, 0.1) is 18.2 Å². The minimum atomic E-state index is -0.146. The average molecular weight is 278 g/mol. The number of hydrogen-bond acceptors (Lipinski definition) is 2. The molecule has 1 N–H and O–H groups in total. The molecule has 0 amide bonds. The van der Waals surface area contributed by atoms with Gasteiger partial charge in [-0.1, -0.05) is 26.8 Å². The van der Waals surface area contributed by atoms with E-state index in [1.54, 1.807) is 12.1 Å². The molecule has 2 unspecified atom stereocenters. The summed E-state index contributed by atoms with van der Waals surface area (Å²) in [6, 6.07) is 6.14. The monoisotopic (exact) mass is 278 g/mol. The van der Waals surface area contributed by atoms with Gasteiger partial charge in [0.2, 0.25) is 0 Å². The van der Waals surface area contributed by atoms with Crippen molar-refractivity contribution in [3.05, 3.63) is 35.1 Å². The average Bonchev–Trinajstić information content (AvgIpc) is 2.31. The van der Waals surface area contributed by atoms with Gasteiger partial charge in [0.25, 0.3) is 0 Å². The molecule has 3 heteroatoms. The maximum atomic E-state index is 13.2. The molecule has 2 atom stereocenters. The zero-order chi connectivity index (χ0) is 14.9. The van der Waals surface area contributed by atoms with Gasteiger partial charge in [0, 0.05) is 31.7 Å². The molecule has 0 aromatic heterocycles. The highest BCUT2D eigenvalue weighted by atomic mass is 19.1. The number of rotatable bonds is 2. The second-order valence-corrected chi connectivity index (χ2v) is 7.19. The third-order valence-electron chi connectivity index (χ3n) is 4.29. The van der Waals surface area contributed by atoms with E-state index < -0.39 is 0 Å². The Labute approximate surface area is 122 Å². The van der Waals surface area contributed by atoms with Gasteiger partial charge in [-0.3, -0.25) is 4.90 Å². The summed E-state index contributed by atoms with van der Waals surface area (Å²) in [5.74, 6) is -0.146. The van der Waals surface area contributed by atoms with Gasteiger partial charge in [-0.2, -0.15) is 0 Å². The molecule has 1 fully saturated rings. The fourth-order valence-electron chi connectivity index (χ4n) is 3.07. The predicted octanol–water partition coefficient (Wildman–Crippen LogP) is 3.34. The lowest BCUT2D eigenvalue weighted by Crippen LogP contribution is -2.59. The van der Waals surface area contributed by atoms with E-state index in [-0.39, 0.29) is 11.2 Å². The summed E-state index contributed by atoms with van der Waals surface area (Å²) in [6.45, 7) is 14.1. The fraction of sp³-hybridized carbons (Fsp3) is 0.647. The minimum Gasteiger partial charge on any atom is -0.311 e. The van der Waals surface area contributed by atoms with Crippen molar-refractivity contribution in [2.24, 2.45) is 5.41 Å². The van der Waals surface area contributed by atoms with Crippen molar-refractivity contribution >= 4 is 0 Å². The molecule has 1 saturated heterocycles. The Bertz CT molecular complexity index is 465. The molecule has 2 nitrogen and oxygen atoms in total. The Kier molecular flexibility index (Phi) is 4.50. The molecule has 0 radical (unpaired) electrons. The van der Waals surface area contributed by atoms with Crippen LogP contribution in [-0.2, 0) is 6.54 Å². The first-order valence-electron chi connectivity index (χ1n) is 7.50. The van der Waals surface area contributed by atoms with Crippen LogP contribution in [0.5, 0.6) is 0 Å². The molecule has 1 aliphatic heterocycles. The number of nitrogens with one attached hydrogen (secondary N) is 1. The lowest BCUT2D eigenvalue weighted by Gasteiger charge is -2.46. The molecule has 0 saturated carbocycles. The topological polar surface area (TPSA) is 15.3 Å². The largest absolute Gasteiger partial charge is 0.311 e. The molecular formula is C17H27FN2. The molecule has 20 heavy (non-hydrogen) atoms. The number of hydrogen-bond donors (Lipinski definition) is 1. The first-order valence-corrected chi connectivity index (χ1v) is 7.50. The third kappa shape index (κ3) is 3.58. The van der Waals surface area contributed by atoms with Gasteiger partial charge in [-0.15, -0.1) is 0 Å². The maximum absolute atomic E-state index is 13.2. The molecule has 1 aliphatic rings. The van der Waals surface area contributed by atoms with Crippen molar-refractivity contribution in [2.75, 3.05) is 13.1 Å². The van der Waals surface area contributed by atoms with E-state index >= 15 is 0 Å². The molecule has 0 spiro atoms. The highest BCUT2D eigenvalue weighted by Gasteiger charge is 2.34. The first kappa shape index (κ1) is 15.5. The zero-order valence-corrected chi connectivity index (χ0v) is 13.3. The molecular weight excluding hydrogens is 251 g/mol. The number of piperazine rings is 1. The van der Waals surface area contributed by atoms with Crippen LogP contribution in [0.4, 0.5) is 4.39 Å². The van der Waals surface area contributed by atoms with Crippen molar-refractivity contribution < 1.29 is 4.39 Å². The van der Waals surface area contributed by atoms with Crippen molar-refractivity contribution in [3.8, 4) is 0 Å². The third-order valence-corrected chi connectivity index (χ3v) is 4.29. The van der Waals surface area contributed by atoms with E-state index in [9.17, 15) is 4.39 Å². The van der Waals surface area contributed by atoms with Crippen LogP contribution in [0.15, 0.2) is 18.2 Å². The lowest BCUT2D eigenvalue weighted by atomic mass is 9.83. The molecule has 1 aromatic rings. The fourth-order valence-corrected chi connectivity index (χ4v) is 3.07. The van der Waals surface area contributed by atoms with E-state index in [2.05, 4.69) is 37.9 Å². The Balaban J connectivity index is 2.19. The number of halogens is 1. The van der Waals surface area contributed by atoms with Crippen LogP contribution in [0.3, 0.4) is 0 Å². The van der Waals surface area contributed by atoms with Crippen LogP contribution in [0.25, 0.3) is 0 Å². The highest BCUT2D eigenvalue weighted by molar-refractivity contribution is 5.26. The van der Waals surface area contributed by atoms with Crippen LogP contribution in [0.1, 0.15) is 38.8 Å². The summed E-state index contributed by atoms with van der Waals surface area (Å²) in [7, 11) is 0. The summed E-state index contributed by atoms with van der Waals surface area (Å²) >= 11 is 0. The summed E-state index contributed by atoms with van der Waals surface area (Å²) in [4.78, 5) is 2.54. The van der Waals surface area contributed by atoms with Gasteiger partial charge in [-0.05, 0) is 42.5 Å². The quantitative estimate of drug-likeness (QED) is 0.892. The lowest BCUT2D eigenvalue weighted by molar-refractivity contribution is 0.0524. The van der Waals surface area contributed by atoms with E-state index in [1.807, 2.05) is 13.0 Å². The summed E-state index contributed by atoms with van der Waals surface area (Å²) in [5, 5.41) is 3.58. The molecule has 1 aromatic carbocycles. The van der Waals surface area contributed by atoms with Gasteiger partial charge in [0.15, 0.2) is 0 Å². The van der Waals surface area contributed by atoms with Gasteiger partial charge < -0.3 is 5.32 Å². The van der Waals surface area contributed by atoms with Crippen molar-refractivity contribution in [1.82, 2.24) is 10.2 Å². The molecule has 112 valence electrons. The molecule has 0 aliphatic carbocycles. The van der Waals surface area contributed by atoms with Gasteiger partial charge in [0.05, 0.1) is 0 Å². The summed E-state index contributed by atoms with van der Waals surface area (Å²) in [5.41, 5.74) is 2.51. The Morgan fingerprint density at radius 2 is 2.05 bits per heavy atom. The standard InChI is InChI=1S/C17H27FN2/c1-12-8-15(18)7-6-14(12)11-20-10-13(2)19-9-16(20)17(3,4)5/h6-8,13,16,19H,9-11H2,1-5H3. The van der Waals surface area contributed by atoms with Gasteiger partial charge in [-0.25, -0.2) is 4.39 Å². The zero-order valence-electron chi connectivity index (χ0n) is 13.3. The van der Waals surface area contributed by atoms with Crippen LogP contribution in [0.2, 0.25) is 0 Å². The van der Waals surface area contributed by atoms with E-state index in [0.717, 1.165) is 25.2 Å². The van der Waals surface area contributed by atoms with Crippen molar-refractivity contribution in [2.45, 2.75) is 53.2 Å². The van der Waals surface area contributed by atoms with Crippen LogP contribution < -0.4 is 5.32 Å². The van der Waals surface area contributed by atoms with Crippen LogP contribution >= 0.6 is 0 Å². The van der Waals surface area contributed by atoms with E-state index in [4.69, 9.17) is 0 Å². The predicted molar refractivity (Wildman–Crippen MR) is 82.3 cm³/mol. The van der Waals surface area contributed by atoms with Crippen molar-refractivity contribution in [3.63, 3.8) is 0 Å². The maximum Gasteiger partial charge on any atom is 0.123 e. The Hall–Kier alpha value is -0.930.